The first-order chi connectivity index (χ1) is 15.3. The van der Waals surface area contributed by atoms with Crippen LogP contribution in [0.3, 0.4) is 0 Å². The van der Waals surface area contributed by atoms with Gasteiger partial charge in [0.1, 0.15) is 23.1 Å². The van der Waals surface area contributed by atoms with E-state index < -0.39 is 29.3 Å². The highest BCUT2D eigenvalue weighted by Crippen LogP contribution is 2.44. The second-order valence-electron chi connectivity index (χ2n) is 7.45. The first-order valence-electron chi connectivity index (χ1n) is 9.82. The molecule has 1 atom stereocenters. The van der Waals surface area contributed by atoms with Crippen molar-refractivity contribution < 1.29 is 28.9 Å². The van der Waals surface area contributed by atoms with Crippen molar-refractivity contribution in [3.63, 3.8) is 0 Å². The molecule has 162 valence electrons. The van der Waals surface area contributed by atoms with Crippen LogP contribution in [0, 0.1) is 12.7 Å². The number of amides is 1. The van der Waals surface area contributed by atoms with Crippen molar-refractivity contribution in [1.82, 2.24) is 0 Å². The highest BCUT2D eigenvalue weighted by atomic mass is 19.1. The second kappa shape index (κ2) is 8.19. The Balaban J connectivity index is 2.00. The van der Waals surface area contributed by atoms with Crippen LogP contribution >= 0.6 is 0 Å². The van der Waals surface area contributed by atoms with Gasteiger partial charge in [-0.25, -0.2) is 4.39 Å². The normalized spacial score (nSPS) is 17.6. The van der Waals surface area contributed by atoms with Crippen molar-refractivity contribution in [3.8, 4) is 11.5 Å². The van der Waals surface area contributed by atoms with E-state index >= 15 is 0 Å². The molecule has 7 heteroatoms. The number of anilines is 1. The lowest BCUT2D eigenvalue weighted by atomic mass is 9.94. The standard InChI is InChI=1S/C25H20FNO5/c1-14-9-10-20(32-2)19(11-14)23(29)21-22(15-5-3-8-18(28)12-15)27(25(31)24(21)30)17-7-4-6-16(26)13-17/h3-13,22,28-29H,1-2H3/b23-21+. The average molecular weight is 433 g/mol. The predicted molar refractivity (Wildman–Crippen MR) is 117 cm³/mol. The number of phenolic OH excluding ortho intramolecular Hbond substituents is 1. The third-order valence-corrected chi connectivity index (χ3v) is 5.33. The van der Waals surface area contributed by atoms with Crippen molar-refractivity contribution in [2.45, 2.75) is 13.0 Å². The number of benzene rings is 3. The molecule has 0 bridgehead atoms. The number of hydrogen-bond acceptors (Lipinski definition) is 5. The van der Waals surface area contributed by atoms with Gasteiger partial charge in [-0.3, -0.25) is 14.5 Å². The van der Waals surface area contributed by atoms with E-state index in [1.54, 1.807) is 30.3 Å². The third-order valence-electron chi connectivity index (χ3n) is 5.33. The molecule has 1 fully saturated rings. The second-order valence-corrected chi connectivity index (χ2v) is 7.45. The topological polar surface area (TPSA) is 87.1 Å². The van der Waals surface area contributed by atoms with Gasteiger partial charge in [0, 0.05) is 5.69 Å². The monoisotopic (exact) mass is 433 g/mol. The summed E-state index contributed by atoms with van der Waals surface area (Å²) in [6.45, 7) is 1.81. The van der Waals surface area contributed by atoms with Crippen molar-refractivity contribution in [2.24, 2.45) is 0 Å². The molecule has 1 saturated heterocycles. The fourth-order valence-electron chi connectivity index (χ4n) is 3.89. The molecule has 0 saturated carbocycles. The van der Waals surface area contributed by atoms with E-state index in [9.17, 15) is 24.2 Å². The molecule has 1 unspecified atom stereocenters. The number of hydrogen-bond donors (Lipinski definition) is 2. The Morgan fingerprint density at radius 2 is 1.78 bits per heavy atom. The number of aliphatic hydroxyl groups is 1. The Morgan fingerprint density at radius 1 is 1.03 bits per heavy atom. The zero-order chi connectivity index (χ0) is 23.0. The van der Waals surface area contributed by atoms with Crippen LogP contribution in [0.25, 0.3) is 5.76 Å². The van der Waals surface area contributed by atoms with Gasteiger partial charge < -0.3 is 14.9 Å². The lowest BCUT2D eigenvalue weighted by Crippen LogP contribution is -2.29. The molecular formula is C25H20FNO5. The van der Waals surface area contributed by atoms with Gasteiger partial charge in [0.25, 0.3) is 11.7 Å². The van der Waals surface area contributed by atoms with Crippen LogP contribution in [0.5, 0.6) is 11.5 Å². The van der Waals surface area contributed by atoms with E-state index in [4.69, 9.17) is 4.74 Å². The van der Waals surface area contributed by atoms with Crippen LogP contribution in [0.2, 0.25) is 0 Å². The minimum absolute atomic E-state index is 0.0829. The smallest absolute Gasteiger partial charge is 0.300 e. The lowest BCUT2D eigenvalue weighted by molar-refractivity contribution is -0.132. The maximum Gasteiger partial charge on any atom is 0.300 e. The first kappa shape index (κ1) is 21.1. The Kier molecular flexibility index (Phi) is 5.40. The number of halogens is 1. The summed E-state index contributed by atoms with van der Waals surface area (Å²) in [6.07, 6.45) is 0. The number of carbonyl (C=O) groups excluding carboxylic acids is 2. The van der Waals surface area contributed by atoms with Crippen LogP contribution in [-0.2, 0) is 9.59 Å². The van der Waals surface area contributed by atoms with E-state index in [1.807, 2.05) is 6.92 Å². The van der Waals surface area contributed by atoms with Gasteiger partial charge in [-0.1, -0.05) is 29.8 Å². The zero-order valence-corrected chi connectivity index (χ0v) is 17.4. The minimum atomic E-state index is -1.09. The number of aryl methyl sites for hydroxylation is 1. The van der Waals surface area contributed by atoms with Gasteiger partial charge in [0.2, 0.25) is 0 Å². The van der Waals surface area contributed by atoms with Gasteiger partial charge in [0.15, 0.2) is 0 Å². The van der Waals surface area contributed by atoms with Crippen LogP contribution in [0.15, 0.2) is 72.3 Å². The van der Waals surface area contributed by atoms with E-state index in [1.165, 1.54) is 37.4 Å². The van der Waals surface area contributed by atoms with Crippen molar-refractivity contribution in [1.29, 1.82) is 0 Å². The number of rotatable bonds is 4. The van der Waals surface area contributed by atoms with Crippen LogP contribution < -0.4 is 9.64 Å². The summed E-state index contributed by atoms with van der Waals surface area (Å²) in [5.74, 6) is -2.61. The summed E-state index contributed by atoms with van der Waals surface area (Å²) in [6, 6.07) is 15.3. The van der Waals surface area contributed by atoms with E-state index in [0.717, 1.165) is 16.5 Å². The Bertz CT molecular complexity index is 1270. The molecule has 0 aromatic heterocycles. The molecule has 1 aliphatic rings. The summed E-state index contributed by atoms with van der Waals surface area (Å²) >= 11 is 0. The van der Waals surface area contributed by atoms with E-state index in [-0.39, 0.29) is 22.6 Å². The van der Waals surface area contributed by atoms with Crippen LogP contribution in [0.4, 0.5) is 10.1 Å². The highest BCUT2D eigenvalue weighted by molar-refractivity contribution is 6.51. The van der Waals surface area contributed by atoms with E-state index in [2.05, 4.69) is 0 Å². The predicted octanol–water partition coefficient (Wildman–Crippen LogP) is 4.47. The number of aliphatic hydroxyl groups excluding tert-OH is 1. The van der Waals surface area contributed by atoms with Gasteiger partial charge in [-0.05, 0) is 55.0 Å². The molecule has 4 rings (SSSR count). The SMILES string of the molecule is COc1ccc(C)cc1/C(O)=C1\C(=O)C(=O)N(c2cccc(F)c2)C1c1cccc(O)c1. The van der Waals surface area contributed by atoms with Gasteiger partial charge in [0.05, 0.1) is 24.3 Å². The molecule has 1 heterocycles. The molecule has 1 amide bonds. The van der Waals surface area contributed by atoms with Crippen LogP contribution in [0.1, 0.15) is 22.7 Å². The molecule has 0 aliphatic carbocycles. The largest absolute Gasteiger partial charge is 0.508 e. The zero-order valence-electron chi connectivity index (χ0n) is 17.4. The molecule has 6 nitrogen and oxygen atoms in total. The molecule has 32 heavy (non-hydrogen) atoms. The number of phenols is 1. The molecule has 3 aromatic carbocycles. The molecular weight excluding hydrogens is 413 g/mol. The summed E-state index contributed by atoms with van der Waals surface area (Å²) in [4.78, 5) is 27.3. The van der Waals surface area contributed by atoms with Crippen molar-refractivity contribution in [3.05, 3.63) is 94.8 Å². The maximum atomic E-state index is 14.0. The summed E-state index contributed by atoms with van der Waals surface area (Å²) in [5, 5.41) is 21.2. The molecule has 2 N–H and O–H groups in total. The number of nitrogens with zero attached hydrogens (tertiary/aromatic N) is 1. The van der Waals surface area contributed by atoms with Crippen LogP contribution in [-0.4, -0.2) is 29.0 Å². The van der Waals surface area contributed by atoms with Crippen molar-refractivity contribution >= 4 is 23.1 Å². The molecule has 0 spiro atoms. The van der Waals surface area contributed by atoms with Gasteiger partial charge in [-0.2, -0.15) is 0 Å². The fraction of sp³-hybridized carbons (Fsp3) is 0.120. The number of ether oxygens (including phenoxy) is 1. The third kappa shape index (κ3) is 3.58. The number of carbonyl (C=O) groups is 2. The van der Waals surface area contributed by atoms with Crippen molar-refractivity contribution in [2.75, 3.05) is 12.0 Å². The number of aromatic hydroxyl groups is 1. The Labute approximate surface area is 183 Å². The summed E-state index contributed by atoms with van der Waals surface area (Å²) < 4.78 is 19.3. The molecule has 1 aliphatic heterocycles. The Hall–Kier alpha value is -4.13. The average Bonchev–Trinajstić information content (AvgIpc) is 3.04. The number of ketones is 1. The Morgan fingerprint density at radius 3 is 2.47 bits per heavy atom. The van der Waals surface area contributed by atoms with Gasteiger partial charge in [-0.15, -0.1) is 0 Å². The summed E-state index contributed by atoms with van der Waals surface area (Å²) in [5.41, 5.74) is 1.39. The quantitative estimate of drug-likeness (QED) is 0.360. The van der Waals surface area contributed by atoms with E-state index in [0.29, 0.717) is 11.3 Å². The number of Topliss-reactive ketones (excluding diaryl/α,β-unsaturated/α-hetero) is 1. The summed E-state index contributed by atoms with van der Waals surface area (Å²) in [7, 11) is 1.43. The number of methoxy groups -OCH3 is 1. The molecule has 3 aromatic rings. The fourth-order valence-corrected chi connectivity index (χ4v) is 3.89. The first-order valence-corrected chi connectivity index (χ1v) is 9.82. The minimum Gasteiger partial charge on any atom is -0.508 e. The highest BCUT2D eigenvalue weighted by Gasteiger charge is 2.47. The molecule has 0 radical (unpaired) electrons. The van der Waals surface area contributed by atoms with Gasteiger partial charge >= 0.3 is 0 Å². The maximum absolute atomic E-state index is 14.0. The lowest BCUT2D eigenvalue weighted by Gasteiger charge is -2.25.